The lowest BCUT2D eigenvalue weighted by Crippen LogP contribution is -1.89. The zero-order chi connectivity index (χ0) is 7.33. The summed E-state index contributed by atoms with van der Waals surface area (Å²) in [6.07, 6.45) is 1.77. The van der Waals surface area contributed by atoms with Crippen LogP contribution in [0.25, 0.3) is 0 Å². The van der Waals surface area contributed by atoms with Gasteiger partial charge in [-0.2, -0.15) is 11.8 Å². The molecule has 1 unspecified atom stereocenters. The molecule has 0 fully saturated rings. The van der Waals surface area contributed by atoms with Gasteiger partial charge in [0.15, 0.2) is 0 Å². The molecule has 0 radical (unpaired) electrons. The van der Waals surface area contributed by atoms with Crippen LogP contribution in [-0.2, 0) is 9.09 Å². The number of rotatable bonds is 4. The van der Waals surface area contributed by atoms with E-state index in [2.05, 4.69) is 4.52 Å². The standard InChI is InChI=1S/C4H11O3PS/c1-3-7-8(5,6)4-9-2/h3-4H2,1-2H3,(H,5,6). The van der Waals surface area contributed by atoms with E-state index < -0.39 is 7.60 Å². The second-order valence-corrected chi connectivity index (χ2v) is 4.62. The quantitative estimate of drug-likeness (QED) is 0.650. The highest BCUT2D eigenvalue weighted by atomic mass is 32.2. The molecule has 0 saturated heterocycles. The molecule has 1 N–H and O–H groups in total. The largest absolute Gasteiger partial charge is 0.337 e. The molecule has 0 aromatic rings. The lowest BCUT2D eigenvalue weighted by Gasteiger charge is -2.07. The molecule has 1 atom stereocenters. The van der Waals surface area contributed by atoms with Gasteiger partial charge in [0.05, 0.1) is 12.1 Å². The lowest BCUT2D eigenvalue weighted by atomic mass is 10.9. The van der Waals surface area contributed by atoms with E-state index in [0.29, 0.717) is 6.61 Å². The predicted molar refractivity (Wildman–Crippen MR) is 39.8 cm³/mol. The molecule has 56 valence electrons. The van der Waals surface area contributed by atoms with Crippen LogP contribution in [0.1, 0.15) is 6.92 Å². The van der Waals surface area contributed by atoms with Gasteiger partial charge >= 0.3 is 7.60 Å². The van der Waals surface area contributed by atoms with Gasteiger partial charge in [0, 0.05) is 0 Å². The van der Waals surface area contributed by atoms with Crippen molar-refractivity contribution in [2.75, 3.05) is 18.4 Å². The van der Waals surface area contributed by atoms with Gasteiger partial charge in [0.2, 0.25) is 0 Å². The Labute approximate surface area is 59.3 Å². The van der Waals surface area contributed by atoms with Crippen LogP contribution in [0.2, 0.25) is 0 Å². The van der Waals surface area contributed by atoms with Gasteiger partial charge in [-0.05, 0) is 13.2 Å². The smallest absolute Gasteiger partial charge is 0.324 e. The van der Waals surface area contributed by atoms with Gasteiger partial charge in [-0.3, -0.25) is 4.57 Å². The summed E-state index contributed by atoms with van der Waals surface area (Å²) >= 11 is 1.31. The summed E-state index contributed by atoms with van der Waals surface area (Å²) in [5, 5.41) is 0. The van der Waals surface area contributed by atoms with E-state index >= 15 is 0 Å². The molecule has 0 aromatic carbocycles. The van der Waals surface area contributed by atoms with Crippen molar-refractivity contribution in [3.8, 4) is 0 Å². The first-order chi connectivity index (χ1) is 4.12. The minimum Gasteiger partial charge on any atom is -0.324 e. The Balaban J connectivity index is 3.58. The van der Waals surface area contributed by atoms with Gasteiger partial charge in [-0.1, -0.05) is 0 Å². The summed E-state index contributed by atoms with van der Waals surface area (Å²) in [6.45, 7) is 2.00. The molecule has 0 aromatic heterocycles. The van der Waals surface area contributed by atoms with Crippen LogP contribution < -0.4 is 0 Å². The molecule has 9 heavy (non-hydrogen) atoms. The van der Waals surface area contributed by atoms with Crippen molar-refractivity contribution >= 4 is 19.4 Å². The minimum atomic E-state index is -3.23. The third-order valence-electron chi connectivity index (χ3n) is 0.623. The summed E-state index contributed by atoms with van der Waals surface area (Å²) in [6, 6.07) is 0. The monoisotopic (exact) mass is 170 g/mol. The van der Waals surface area contributed by atoms with Gasteiger partial charge in [-0.15, -0.1) is 0 Å². The van der Waals surface area contributed by atoms with Gasteiger partial charge in [-0.25, -0.2) is 0 Å². The van der Waals surface area contributed by atoms with Crippen molar-refractivity contribution in [1.82, 2.24) is 0 Å². The van der Waals surface area contributed by atoms with Crippen molar-refractivity contribution in [2.45, 2.75) is 6.92 Å². The Morgan fingerprint density at radius 3 is 2.67 bits per heavy atom. The third kappa shape index (κ3) is 4.97. The van der Waals surface area contributed by atoms with Crippen LogP contribution in [-0.4, -0.2) is 23.3 Å². The summed E-state index contributed by atoms with van der Waals surface area (Å²) in [5.74, 6) is 0. The van der Waals surface area contributed by atoms with Crippen LogP contribution in [0.15, 0.2) is 0 Å². The van der Waals surface area contributed by atoms with Crippen LogP contribution in [0, 0.1) is 0 Å². The molecule has 5 heteroatoms. The first kappa shape index (κ1) is 9.50. The fourth-order valence-corrected chi connectivity index (χ4v) is 2.41. The highest BCUT2D eigenvalue weighted by Gasteiger charge is 2.15. The van der Waals surface area contributed by atoms with E-state index in [1.807, 2.05) is 0 Å². The van der Waals surface area contributed by atoms with Crippen molar-refractivity contribution in [3.63, 3.8) is 0 Å². The highest BCUT2D eigenvalue weighted by Crippen LogP contribution is 2.44. The molecular formula is C4H11O3PS. The fourth-order valence-electron chi connectivity index (χ4n) is 0.402. The van der Waals surface area contributed by atoms with Crippen molar-refractivity contribution < 1.29 is 14.0 Å². The second kappa shape index (κ2) is 4.34. The molecule has 0 aliphatic rings. The Morgan fingerprint density at radius 2 is 2.33 bits per heavy atom. The zero-order valence-corrected chi connectivity index (χ0v) is 7.24. The number of hydrogen-bond acceptors (Lipinski definition) is 3. The summed E-state index contributed by atoms with van der Waals surface area (Å²) in [7, 11) is -3.23. The Kier molecular flexibility index (Phi) is 4.58. The second-order valence-electron chi connectivity index (χ2n) is 1.47. The van der Waals surface area contributed by atoms with Crippen molar-refractivity contribution in [3.05, 3.63) is 0 Å². The third-order valence-corrected chi connectivity index (χ3v) is 3.62. The van der Waals surface area contributed by atoms with Crippen LogP contribution in [0.3, 0.4) is 0 Å². The summed E-state index contributed by atoms with van der Waals surface area (Å²) in [4.78, 5) is 8.83. The van der Waals surface area contributed by atoms with E-state index in [-0.39, 0.29) is 5.49 Å². The van der Waals surface area contributed by atoms with E-state index in [4.69, 9.17) is 4.89 Å². The maximum atomic E-state index is 10.7. The summed E-state index contributed by atoms with van der Waals surface area (Å²) in [5.41, 5.74) is 0.181. The normalized spacial score (nSPS) is 17.2. The molecule has 0 aliphatic carbocycles. The van der Waals surface area contributed by atoms with Crippen LogP contribution in [0.5, 0.6) is 0 Å². The fraction of sp³-hybridized carbons (Fsp3) is 1.00. The maximum absolute atomic E-state index is 10.7. The predicted octanol–water partition coefficient (Wildman–Crippen LogP) is 1.53. The maximum Gasteiger partial charge on any atom is 0.337 e. The highest BCUT2D eigenvalue weighted by molar-refractivity contribution is 8.03. The molecule has 0 amide bonds. The van der Waals surface area contributed by atoms with Gasteiger partial charge in [0.1, 0.15) is 0 Å². The molecule has 0 spiro atoms. The van der Waals surface area contributed by atoms with E-state index in [0.717, 1.165) is 0 Å². The number of thioether (sulfide) groups is 1. The average Bonchev–Trinajstić information content (AvgIpc) is 1.64. The number of hydrogen-bond donors (Lipinski definition) is 1. The molecule has 0 aliphatic heterocycles. The van der Waals surface area contributed by atoms with E-state index in [1.165, 1.54) is 11.8 Å². The van der Waals surface area contributed by atoms with Crippen molar-refractivity contribution in [2.24, 2.45) is 0 Å². The first-order valence-electron chi connectivity index (χ1n) is 2.57. The first-order valence-corrected chi connectivity index (χ1v) is 5.73. The van der Waals surface area contributed by atoms with Crippen molar-refractivity contribution in [1.29, 1.82) is 0 Å². The summed E-state index contributed by atoms with van der Waals surface area (Å²) < 4.78 is 15.3. The molecule has 0 saturated carbocycles. The Hall–Kier alpha value is 0.500. The molecule has 0 bridgehead atoms. The Morgan fingerprint density at radius 1 is 1.78 bits per heavy atom. The van der Waals surface area contributed by atoms with E-state index in [9.17, 15) is 4.57 Å². The average molecular weight is 170 g/mol. The molecule has 0 heterocycles. The van der Waals surface area contributed by atoms with Crippen LogP contribution >= 0.6 is 19.4 Å². The van der Waals surface area contributed by atoms with Crippen LogP contribution in [0.4, 0.5) is 0 Å². The zero-order valence-electron chi connectivity index (χ0n) is 5.53. The molecule has 0 rings (SSSR count). The topological polar surface area (TPSA) is 46.5 Å². The lowest BCUT2D eigenvalue weighted by molar-refractivity contribution is 0.278. The van der Waals surface area contributed by atoms with Gasteiger partial charge in [0.25, 0.3) is 0 Å². The Bertz CT molecular complexity index is 106. The molecular weight excluding hydrogens is 159 g/mol. The van der Waals surface area contributed by atoms with Gasteiger partial charge < -0.3 is 9.42 Å². The molecule has 3 nitrogen and oxygen atoms in total. The SMILES string of the molecule is CCOP(=O)(O)CSC. The van der Waals surface area contributed by atoms with E-state index in [1.54, 1.807) is 13.2 Å². The minimum absolute atomic E-state index is 0.181.